The summed E-state index contributed by atoms with van der Waals surface area (Å²) in [5.74, 6) is -0.810. The Hall–Kier alpha value is -3.12. The fraction of sp³-hybridized carbons (Fsp3) is 0.130. The molecule has 1 unspecified atom stereocenters. The number of hydrogen-bond donors (Lipinski definition) is 2. The van der Waals surface area contributed by atoms with Crippen LogP contribution in [0.15, 0.2) is 77.7 Å². The van der Waals surface area contributed by atoms with Crippen molar-refractivity contribution in [2.24, 2.45) is 0 Å². The summed E-state index contributed by atoms with van der Waals surface area (Å²) in [6.07, 6.45) is 0. The van der Waals surface area contributed by atoms with Crippen molar-refractivity contribution < 1.29 is 14.0 Å². The number of aryl methyl sites for hydroxylation is 1. The molecule has 3 aromatic carbocycles. The predicted octanol–water partition coefficient (Wildman–Crippen LogP) is 5.51. The zero-order valence-corrected chi connectivity index (χ0v) is 16.9. The number of anilines is 2. The third kappa shape index (κ3) is 5.93. The first-order chi connectivity index (χ1) is 13.9. The van der Waals surface area contributed by atoms with Gasteiger partial charge in [-0.3, -0.25) is 9.59 Å². The van der Waals surface area contributed by atoms with Gasteiger partial charge >= 0.3 is 0 Å². The Bertz CT molecular complexity index is 1000. The van der Waals surface area contributed by atoms with Crippen molar-refractivity contribution >= 4 is 35.0 Å². The Balaban J connectivity index is 1.61. The Morgan fingerprint density at radius 1 is 0.897 bits per heavy atom. The highest BCUT2D eigenvalue weighted by Crippen LogP contribution is 2.27. The van der Waals surface area contributed by atoms with Gasteiger partial charge in [0, 0.05) is 21.8 Å². The van der Waals surface area contributed by atoms with Crippen molar-refractivity contribution in [3.8, 4) is 0 Å². The first kappa shape index (κ1) is 20.6. The predicted molar refractivity (Wildman–Crippen MR) is 116 cm³/mol. The van der Waals surface area contributed by atoms with Crippen LogP contribution in [0.25, 0.3) is 0 Å². The van der Waals surface area contributed by atoms with Crippen molar-refractivity contribution in [2.45, 2.75) is 24.0 Å². The molecule has 0 aliphatic carbocycles. The molecule has 0 saturated carbocycles. The summed E-state index contributed by atoms with van der Waals surface area (Å²) >= 11 is 1.40. The van der Waals surface area contributed by atoms with E-state index in [1.165, 1.54) is 36.0 Å². The van der Waals surface area contributed by atoms with Gasteiger partial charge in [-0.05, 0) is 68.4 Å². The Labute approximate surface area is 173 Å². The van der Waals surface area contributed by atoms with Crippen molar-refractivity contribution in [2.75, 3.05) is 10.6 Å². The molecule has 0 spiro atoms. The summed E-state index contributed by atoms with van der Waals surface area (Å²) in [4.78, 5) is 25.6. The smallest absolute Gasteiger partial charge is 0.255 e. The molecule has 2 amide bonds. The lowest BCUT2D eigenvalue weighted by Crippen LogP contribution is -2.22. The third-order valence-electron chi connectivity index (χ3n) is 4.20. The van der Waals surface area contributed by atoms with Crippen LogP contribution in [0.5, 0.6) is 0 Å². The summed E-state index contributed by atoms with van der Waals surface area (Å²) in [6, 6.07) is 20.3. The van der Waals surface area contributed by atoms with Crippen LogP contribution in [0.4, 0.5) is 15.8 Å². The average molecular weight is 408 g/mol. The topological polar surface area (TPSA) is 58.2 Å². The van der Waals surface area contributed by atoms with Gasteiger partial charge in [-0.25, -0.2) is 4.39 Å². The van der Waals surface area contributed by atoms with Crippen LogP contribution in [0.3, 0.4) is 0 Å². The maximum absolute atomic E-state index is 13.0. The largest absolute Gasteiger partial charge is 0.325 e. The van der Waals surface area contributed by atoms with E-state index in [0.29, 0.717) is 11.3 Å². The zero-order chi connectivity index (χ0) is 20.8. The molecule has 0 aliphatic rings. The number of amides is 2. The van der Waals surface area contributed by atoms with Gasteiger partial charge in [0.25, 0.3) is 5.91 Å². The van der Waals surface area contributed by atoms with E-state index in [2.05, 4.69) is 10.6 Å². The second-order valence-corrected chi connectivity index (χ2v) is 8.02. The summed E-state index contributed by atoms with van der Waals surface area (Å²) in [5, 5.41) is 5.37. The monoisotopic (exact) mass is 408 g/mol. The molecule has 29 heavy (non-hydrogen) atoms. The number of thioether (sulfide) groups is 1. The van der Waals surface area contributed by atoms with E-state index >= 15 is 0 Å². The molecular formula is C23H21FN2O2S. The number of hydrogen-bond acceptors (Lipinski definition) is 3. The molecule has 4 nitrogen and oxygen atoms in total. The van der Waals surface area contributed by atoms with E-state index in [9.17, 15) is 14.0 Å². The van der Waals surface area contributed by atoms with Crippen LogP contribution in [0.1, 0.15) is 22.8 Å². The lowest BCUT2D eigenvalue weighted by Gasteiger charge is -2.13. The van der Waals surface area contributed by atoms with Crippen LogP contribution in [-0.4, -0.2) is 17.1 Å². The second-order valence-electron chi connectivity index (χ2n) is 6.60. The molecule has 0 aromatic heterocycles. The van der Waals surface area contributed by atoms with Gasteiger partial charge in [0.2, 0.25) is 5.91 Å². The number of nitrogens with one attached hydrogen (secondary N) is 2. The highest BCUT2D eigenvalue weighted by Gasteiger charge is 2.15. The Kier molecular flexibility index (Phi) is 6.67. The molecular weight excluding hydrogens is 387 g/mol. The molecule has 3 aromatic rings. The summed E-state index contributed by atoms with van der Waals surface area (Å²) < 4.78 is 13.0. The number of rotatable bonds is 6. The molecule has 0 saturated heterocycles. The quantitative estimate of drug-likeness (QED) is 0.529. The Morgan fingerprint density at radius 3 is 2.28 bits per heavy atom. The summed E-state index contributed by atoms with van der Waals surface area (Å²) in [6.45, 7) is 3.82. The maximum Gasteiger partial charge on any atom is 0.255 e. The first-order valence-corrected chi connectivity index (χ1v) is 10.00. The number of benzene rings is 3. The van der Waals surface area contributed by atoms with Crippen LogP contribution < -0.4 is 10.6 Å². The van der Waals surface area contributed by atoms with Crippen molar-refractivity contribution in [1.82, 2.24) is 0 Å². The molecule has 148 valence electrons. The minimum absolute atomic E-state index is 0.0976. The van der Waals surface area contributed by atoms with E-state index in [0.717, 1.165) is 16.1 Å². The average Bonchev–Trinajstić information content (AvgIpc) is 2.70. The van der Waals surface area contributed by atoms with Crippen LogP contribution in [-0.2, 0) is 4.79 Å². The molecule has 3 rings (SSSR count). The van der Waals surface area contributed by atoms with E-state index < -0.39 is 5.82 Å². The number of carbonyl (C=O) groups is 2. The van der Waals surface area contributed by atoms with E-state index in [4.69, 9.17) is 0 Å². The van der Waals surface area contributed by atoms with Gasteiger partial charge < -0.3 is 10.6 Å². The SMILES string of the molecule is Cc1ccc(NC(=O)C(C)Sc2cccc(NC(=O)c3ccc(F)cc3)c2)cc1. The molecule has 1 atom stereocenters. The second kappa shape index (κ2) is 9.39. The van der Waals surface area contributed by atoms with E-state index in [-0.39, 0.29) is 17.1 Å². The van der Waals surface area contributed by atoms with Gasteiger partial charge in [-0.15, -0.1) is 11.8 Å². The third-order valence-corrected chi connectivity index (χ3v) is 5.29. The highest BCUT2D eigenvalue weighted by atomic mass is 32.2. The molecule has 0 fully saturated rings. The van der Waals surface area contributed by atoms with Gasteiger partial charge in [-0.1, -0.05) is 23.8 Å². The lowest BCUT2D eigenvalue weighted by molar-refractivity contribution is -0.115. The number of carbonyl (C=O) groups excluding carboxylic acids is 2. The van der Waals surface area contributed by atoms with Crippen LogP contribution in [0.2, 0.25) is 0 Å². The molecule has 0 aliphatic heterocycles. The molecule has 0 heterocycles. The fourth-order valence-corrected chi connectivity index (χ4v) is 3.52. The molecule has 2 N–H and O–H groups in total. The van der Waals surface area contributed by atoms with Crippen molar-refractivity contribution in [3.63, 3.8) is 0 Å². The van der Waals surface area contributed by atoms with Gasteiger partial charge in [0.05, 0.1) is 5.25 Å². The Morgan fingerprint density at radius 2 is 1.59 bits per heavy atom. The summed E-state index contributed by atoms with van der Waals surface area (Å²) in [7, 11) is 0. The van der Waals surface area contributed by atoms with E-state index in [1.54, 1.807) is 6.07 Å². The summed E-state index contributed by atoms with van der Waals surface area (Å²) in [5.41, 5.74) is 2.86. The van der Waals surface area contributed by atoms with Crippen LogP contribution >= 0.6 is 11.8 Å². The van der Waals surface area contributed by atoms with Gasteiger partial charge in [0.1, 0.15) is 5.82 Å². The zero-order valence-electron chi connectivity index (χ0n) is 16.1. The van der Waals surface area contributed by atoms with Crippen LogP contribution in [0, 0.1) is 12.7 Å². The minimum Gasteiger partial charge on any atom is -0.325 e. The fourth-order valence-electron chi connectivity index (χ4n) is 2.59. The van der Waals surface area contributed by atoms with Crippen molar-refractivity contribution in [3.05, 3.63) is 89.7 Å². The molecule has 6 heteroatoms. The van der Waals surface area contributed by atoms with Gasteiger partial charge in [0.15, 0.2) is 0 Å². The first-order valence-electron chi connectivity index (χ1n) is 9.12. The standard InChI is InChI=1S/C23H21FN2O2S/c1-15-6-12-19(13-7-15)25-22(27)16(2)29-21-5-3-4-20(14-21)26-23(28)17-8-10-18(24)11-9-17/h3-14,16H,1-2H3,(H,25,27)(H,26,28). The highest BCUT2D eigenvalue weighted by molar-refractivity contribution is 8.00. The normalized spacial score (nSPS) is 11.6. The lowest BCUT2D eigenvalue weighted by atomic mass is 10.2. The maximum atomic E-state index is 13.0. The molecule has 0 bridgehead atoms. The number of halogens is 1. The molecule has 0 radical (unpaired) electrons. The van der Waals surface area contributed by atoms with Crippen molar-refractivity contribution in [1.29, 1.82) is 0 Å². The van der Waals surface area contributed by atoms with E-state index in [1.807, 2.05) is 56.3 Å². The van der Waals surface area contributed by atoms with Gasteiger partial charge in [-0.2, -0.15) is 0 Å². The minimum atomic E-state index is -0.391.